The Bertz CT molecular complexity index is 642. The molecule has 1 aromatic heterocycles. The molecule has 1 aromatic rings. The van der Waals surface area contributed by atoms with Gasteiger partial charge in [0.05, 0.1) is 29.6 Å². The van der Waals surface area contributed by atoms with Crippen LogP contribution >= 0.6 is 0 Å². The molecule has 0 radical (unpaired) electrons. The number of aryl methyl sites for hydroxylation is 2. The number of hydrogen-bond acceptors (Lipinski definition) is 4. The van der Waals surface area contributed by atoms with Crippen LogP contribution in [0.25, 0.3) is 0 Å². The second kappa shape index (κ2) is 3.78. The molecule has 0 aliphatic carbocycles. The first-order valence-corrected chi connectivity index (χ1v) is 5.31. The lowest BCUT2D eigenvalue weighted by Gasteiger charge is -2.32. The molecule has 0 N–H and O–H groups in total. The summed E-state index contributed by atoms with van der Waals surface area (Å²) in [5.74, 6) is 0. The number of aromatic nitrogens is 2. The van der Waals surface area contributed by atoms with E-state index >= 15 is 0 Å². The predicted molar refractivity (Wildman–Crippen MR) is 67.2 cm³/mol. The molecule has 2 rings (SSSR count). The third-order valence-electron chi connectivity index (χ3n) is 3.22. The van der Waals surface area contributed by atoms with Gasteiger partial charge in [-0.15, -0.1) is 0 Å². The molecule has 0 unspecified atom stereocenters. The lowest BCUT2D eigenvalue weighted by Crippen LogP contribution is -2.41. The van der Waals surface area contributed by atoms with E-state index in [4.69, 9.17) is 18.9 Å². The molecule has 17 heavy (non-hydrogen) atoms. The van der Waals surface area contributed by atoms with E-state index in [0.717, 1.165) is 0 Å². The maximum Gasteiger partial charge on any atom is 0.516 e. The summed E-state index contributed by atoms with van der Waals surface area (Å²) < 4.78 is 64.4. The van der Waals surface area contributed by atoms with Gasteiger partial charge in [-0.3, -0.25) is 9.97 Å². The quantitative estimate of drug-likeness (QED) is 0.697. The molecule has 0 spiro atoms. The molecular formula is C12H19BN2O2. The summed E-state index contributed by atoms with van der Waals surface area (Å²) in [6.07, 6.45) is -0.693. The summed E-state index contributed by atoms with van der Waals surface area (Å²) in [5, 5.41) is 0. The van der Waals surface area contributed by atoms with E-state index in [0.29, 0.717) is 0 Å². The highest BCUT2D eigenvalue weighted by Crippen LogP contribution is 2.36. The lowest BCUT2D eigenvalue weighted by atomic mass is 9.83. The number of hydrogen-bond donors (Lipinski definition) is 0. The van der Waals surface area contributed by atoms with Gasteiger partial charge in [0, 0.05) is 14.4 Å². The van der Waals surface area contributed by atoms with E-state index in [1.807, 2.05) is 0 Å². The molecule has 92 valence electrons. The maximum atomic E-state index is 7.71. The lowest BCUT2D eigenvalue weighted by molar-refractivity contribution is 0.00578. The first-order valence-electron chi connectivity index (χ1n) is 8.81. The van der Waals surface area contributed by atoms with Crippen LogP contribution in [0.2, 0.25) is 0 Å². The largest absolute Gasteiger partial charge is 0.516 e. The molecule has 0 amide bonds. The Morgan fingerprint density at radius 1 is 1.24 bits per heavy atom. The standard InChI is InChI=1S/C12H19BN2O2/c1-8-7-14-9(2)10(15-8)13-16-11(3,4)12(5,6)17-13/h7H,1-6H3/i1D3,2D3,7D. The minimum Gasteiger partial charge on any atom is -0.398 e. The van der Waals surface area contributed by atoms with Crippen LogP contribution in [-0.2, 0) is 9.31 Å². The first-order chi connectivity index (χ1) is 10.6. The van der Waals surface area contributed by atoms with Crippen LogP contribution in [0.1, 0.15) is 48.7 Å². The Hall–Kier alpha value is -0.935. The van der Waals surface area contributed by atoms with E-state index in [1.54, 1.807) is 27.7 Å². The molecule has 1 saturated heterocycles. The summed E-state index contributed by atoms with van der Waals surface area (Å²) in [6.45, 7) is 1.72. The average molecular weight is 241 g/mol. The average Bonchev–Trinajstić information content (AvgIpc) is 2.55. The summed E-state index contributed by atoms with van der Waals surface area (Å²) in [4.78, 5) is 7.57. The highest BCUT2D eigenvalue weighted by Gasteiger charge is 2.52. The van der Waals surface area contributed by atoms with Gasteiger partial charge in [-0.25, -0.2) is 0 Å². The summed E-state index contributed by atoms with van der Waals surface area (Å²) in [7, 11) is -1.18. The van der Waals surface area contributed by atoms with Crippen molar-refractivity contribution in [3.63, 3.8) is 0 Å². The van der Waals surface area contributed by atoms with Crippen molar-refractivity contribution in [2.24, 2.45) is 0 Å². The smallest absolute Gasteiger partial charge is 0.398 e. The fraction of sp³-hybridized carbons (Fsp3) is 0.667. The van der Waals surface area contributed by atoms with Crippen molar-refractivity contribution in [1.29, 1.82) is 0 Å². The molecule has 0 aromatic carbocycles. The van der Waals surface area contributed by atoms with Crippen LogP contribution in [0.15, 0.2) is 6.17 Å². The van der Waals surface area contributed by atoms with Crippen molar-refractivity contribution in [3.8, 4) is 0 Å². The van der Waals surface area contributed by atoms with Gasteiger partial charge in [0.1, 0.15) is 0 Å². The Kier molecular flexibility index (Phi) is 1.40. The van der Waals surface area contributed by atoms with Crippen molar-refractivity contribution >= 4 is 12.7 Å². The molecule has 0 saturated carbocycles. The fourth-order valence-corrected chi connectivity index (χ4v) is 1.48. The van der Waals surface area contributed by atoms with Gasteiger partial charge in [0.15, 0.2) is 0 Å². The van der Waals surface area contributed by atoms with Crippen molar-refractivity contribution in [2.45, 2.75) is 52.6 Å². The Balaban J connectivity index is 2.64. The van der Waals surface area contributed by atoms with Gasteiger partial charge >= 0.3 is 7.12 Å². The fourth-order valence-electron chi connectivity index (χ4n) is 1.48. The minimum absolute atomic E-state index is 0.226. The van der Waals surface area contributed by atoms with Gasteiger partial charge in [-0.2, -0.15) is 0 Å². The molecule has 0 bridgehead atoms. The van der Waals surface area contributed by atoms with Crippen LogP contribution in [0.4, 0.5) is 0 Å². The highest BCUT2D eigenvalue weighted by molar-refractivity contribution is 6.61. The van der Waals surface area contributed by atoms with Crippen molar-refractivity contribution in [3.05, 3.63) is 17.6 Å². The second-order valence-corrected chi connectivity index (χ2v) is 5.01. The van der Waals surface area contributed by atoms with Crippen molar-refractivity contribution in [2.75, 3.05) is 0 Å². The number of rotatable bonds is 1. The normalized spacial score (nSPS) is 29.4. The number of nitrogens with zero attached hydrogens (tertiary/aromatic N) is 2. The Morgan fingerprint density at radius 3 is 2.41 bits per heavy atom. The van der Waals surface area contributed by atoms with Gasteiger partial charge in [0.25, 0.3) is 0 Å². The molecule has 1 aliphatic heterocycles. The van der Waals surface area contributed by atoms with Crippen LogP contribution in [0.3, 0.4) is 0 Å². The predicted octanol–water partition coefficient (Wildman–Crippen LogP) is 1.39. The topological polar surface area (TPSA) is 44.2 Å². The molecule has 4 nitrogen and oxygen atoms in total. The van der Waals surface area contributed by atoms with Crippen molar-refractivity contribution in [1.82, 2.24) is 9.97 Å². The second-order valence-electron chi connectivity index (χ2n) is 5.01. The Morgan fingerprint density at radius 2 is 1.88 bits per heavy atom. The maximum absolute atomic E-state index is 7.71. The van der Waals surface area contributed by atoms with Crippen molar-refractivity contribution < 1.29 is 18.9 Å². The molecular weight excluding hydrogens is 215 g/mol. The third-order valence-corrected chi connectivity index (χ3v) is 3.22. The SMILES string of the molecule is [2H]c1nc(C([2H])([2H])[2H])c(B2OC(C)(C)C(C)(C)O2)nc1C([2H])([2H])[2H]. The van der Waals surface area contributed by atoms with Crippen LogP contribution in [-0.4, -0.2) is 28.3 Å². The van der Waals surface area contributed by atoms with E-state index in [-0.39, 0.29) is 5.59 Å². The van der Waals surface area contributed by atoms with Gasteiger partial charge < -0.3 is 9.31 Å². The zero-order valence-electron chi connectivity index (χ0n) is 17.3. The zero-order valence-corrected chi connectivity index (χ0v) is 10.3. The van der Waals surface area contributed by atoms with Crippen LogP contribution in [0.5, 0.6) is 0 Å². The Labute approximate surface area is 113 Å². The van der Waals surface area contributed by atoms with E-state index in [1.165, 1.54) is 0 Å². The van der Waals surface area contributed by atoms with Gasteiger partial charge in [0.2, 0.25) is 0 Å². The molecule has 5 heteroatoms. The van der Waals surface area contributed by atoms with Gasteiger partial charge in [-0.05, 0) is 41.4 Å². The van der Waals surface area contributed by atoms with E-state index in [2.05, 4.69) is 9.97 Å². The molecule has 1 aliphatic rings. The zero-order chi connectivity index (χ0) is 18.7. The molecule has 1 fully saturated rings. The minimum atomic E-state index is -2.70. The van der Waals surface area contributed by atoms with E-state index in [9.17, 15) is 0 Å². The summed E-state index contributed by atoms with van der Waals surface area (Å²) in [5.41, 5.74) is -2.81. The monoisotopic (exact) mass is 241 g/mol. The first kappa shape index (κ1) is 6.30. The third kappa shape index (κ3) is 2.09. The summed E-state index contributed by atoms with van der Waals surface area (Å²) >= 11 is 0. The van der Waals surface area contributed by atoms with Crippen LogP contribution in [0, 0.1) is 13.7 Å². The van der Waals surface area contributed by atoms with Gasteiger partial charge in [-0.1, -0.05) is 0 Å². The van der Waals surface area contributed by atoms with E-state index < -0.39 is 49.6 Å². The molecule has 0 atom stereocenters. The highest BCUT2D eigenvalue weighted by atomic mass is 16.7. The summed E-state index contributed by atoms with van der Waals surface area (Å²) in [6, 6.07) is 0. The van der Waals surface area contributed by atoms with Crippen LogP contribution < -0.4 is 5.59 Å². The molecule has 2 heterocycles.